The number of amides is 1. The number of aromatic nitrogens is 2. The molecule has 1 atom stereocenters. The molecule has 0 fully saturated rings. The predicted octanol–water partition coefficient (Wildman–Crippen LogP) is 4.24. The molecule has 170 valence electrons. The lowest BCUT2D eigenvalue weighted by molar-refractivity contribution is -0.119. The van der Waals surface area contributed by atoms with Crippen LogP contribution >= 0.6 is 11.3 Å². The quantitative estimate of drug-likeness (QED) is 0.533. The number of thiazole rings is 1. The maximum absolute atomic E-state index is 13.2. The van der Waals surface area contributed by atoms with Gasteiger partial charge in [0.15, 0.2) is 5.13 Å². The number of methoxy groups -OCH3 is 1. The lowest BCUT2D eigenvalue weighted by Crippen LogP contribution is -2.33. The molecule has 1 aromatic carbocycles. The number of esters is 1. The van der Waals surface area contributed by atoms with Gasteiger partial charge in [-0.25, -0.2) is 9.78 Å². The van der Waals surface area contributed by atoms with Crippen LogP contribution in [-0.4, -0.2) is 34.6 Å². The van der Waals surface area contributed by atoms with Crippen molar-refractivity contribution >= 4 is 39.2 Å². The molecular weight excluding hydrogens is 430 g/mol. The molecule has 0 aliphatic heterocycles. The summed E-state index contributed by atoms with van der Waals surface area (Å²) in [6, 6.07) is 6.23. The number of pyridine rings is 1. The number of hydrogen-bond acceptors (Lipinski definition) is 7. The summed E-state index contributed by atoms with van der Waals surface area (Å²) in [5, 5.41) is 3.87. The number of ether oxygens (including phenoxy) is 2. The van der Waals surface area contributed by atoms with Gasteiger partial charge in [-0.15, -0.1) is 0 Å². The molecule has 0 aliphatic carbocycles. The Kier molecular flexibility index (Phi) is 6.98. The van der Waals surface area contributed by atoms with Crippen molar-refractivity contribution in [3.8, 4) is 5.75 Å². The fraction of sp³-hybridized carbons (Fsp3) is 0.391. The fourth-order valence-corrected chi connectivity index (χ4v) is 4.44. The summed E-state index contributed by atoms with van der Waals surface area (Å²) in [5.41, 5.74) is 1.56. The second kappa shape index (κ2) is 9.52. The van der Waals surface area contributed by atoms with E-state index < -0.39 is 17.9 Å². The Hall–Kier alpha value is -3.20. The molecular formula is C23H27N3O5S. The average Bonchev–Trinajstić information content (AvgIpc) is 3.09. The minimum absolute atomic E-state index is 0.261. The van der Waals surface area contributed by atoms with Gasteiger partial charge in [0.2, 0.25) is 5.91 Å². The number of carbonyl (C=O) groups excluding carboxylic acids is 2. The van der Waals surface area contributed by atoms with Crippen LogP contribution in [0.5, 0.6) is 5.75 Å². The van der Waals surface area contributed by atoms with Gasteiger partial charge in [-0.3, -0.25) is 14.2 Å². The second-order valence-electron chi connectivity index (χ2n) is 7.69. The van der Waals surface area contributed by atoms with Crippen molar-refractivity contribution in [3.05, 3.63) is 50.8 Å². The molecule has 1 unspecified atom stereocenters. The van der Waals surface area contributed by atoms with Gasteiger partial charge in [0.25, 0.3) is 5.56 Å². The van der Waals surface area contributed by atoms with Gasteiger partial charge in [0.1, 0.15) is 16.7 Å². The number of para-hydroxylation sites is 1. The van der Waals surface area contributed by atoms with Crippen LogP contribution in [-0.2, 0) is 9.53 Å². The standard InChI is InChI=1S/C23H27N3O5S/c1-7-16(21(28)25-23-24-14(5)20(32-23)22(29)31-12(2)3)26-18(27)11-13(4)15-9-8-10-17(30-6)19(15)26/h8-12,16H,7H2,1-6H3,(H,24,25,28). The van der Waals surface area contributed by atoms with E-state index in [1.807, 2.05) is 26.0 Å². The molecule has 3 aromatic rings. The number of carbonyl (C=O) groups is 2. The lowest BCUT2D eigenvalue weighted by atomic mass is 10.1. The van der Waals surface area contributed by atoms with Crippen molar-refractivity contribution in [2.45, 2.75) is 53.2 Å². The van der Waals surface area contributed by atoms with Crippen molar-refractivity contribution in [2.75, 3.05) is 12.4 Å². The Morgan fingerprint density at radius 1 is 1.25 bits per heavy atom. The van der Waals surface area contributed by atoms with E-state index in [1.54, 1.807) is 26.8 Å². The summed E-state index contributed by atoms with van der Waals surface area (Å²) in [6.07, 6.45) is 0.109. The summed E-state index contributed by atoms with van der Waals surface area (Å²) >= 11 is 1.05. The van der Waals surface area contributed by atoms with Crippen molar-refractivity contribution in [1.82, 2.24) is 9.55 Å². The first-order chi connectivity index (χ1) is 15.2. The number of anilines is 1. The van der Waals surface area contributed by atoms with E-state index in [0.717, 1.165) is 22.3 Å². The molecule has 2 aromatic heterocycles. The number of nitrogens with one attached hydrogen (secondary N) is 1. The van der Waals surface area contributed by atoms with Crippen LogP contribution < -0.4 is 15.6 Å². The Bertz CT molecular complexity index is 1230. The largest absolute Gasteiger partial charge is 0.495 e. The van der Waals surface area contributed by atoms with Gasteiger partial charge in [-0.1, -0.05) is 30.4 Å². The van der Waals surface area contributed by atoms with Gasteiger partial charge in [-0.2, -0.15) is 0 Å². The number of fused-ring (bicyclic) bond motifs is 1. The Balaban J connectivity index is 2.00. The summed E-state index contributed by atoms with van der Waals surface area (Å²) in [4.78, 5) is 43.1. The Morgan fingerprint density at radius 2 is 1.97 bits per heavy atom. The summed E-state index contributed by atoms with van der Waals surface area (Å²) in [6.45, 7) is 8.89. The van der Waals surface area contributed by atoms with Gasteiger partial charge in [0.05, 0.1) is 24.4 Å². The van der Waals surface area contributed by atoms with Gasteiger partial charge in [-0.05, 0) is 45.7 Å². The zero-order chi connectivity index (χ0) is 23.6. The minimum Gasteiger partial charge on any atom is -0.495 e. The third-order valence-electron chi connectivity index (χ3n) is 5.02. The molecule has 0 saturated carbocycles. The van der Waals surface area contributed by atoms with E-state index in [0.29, 0.717) is 28.3 Å². The highest BCUT2D eigenvalue weighted by Crippen LogP contribution is 2.30. The Labute approximate surface area is 190 Å². The maximum Gasteiger partial charge on any atom is 0.350 e. The first-order valence-electron chi connectivity index (χ1n) is 10.4. The molecule has 8 nitrogen and oxygen atoms in total. The smallest absolute Gasteiger partial charge is 0.350 e. The fourth-order valence-electron chi connectivity index (χ4n) is 3.59. The van der Waals surface area contributed by atoms with Crippen LogP contribution in [0.2, 0.25) is 0 Å². The van der Waals surface area contributed by atoms with E-state index in [9.17, 15) is 14.4 Å². The molecule has 0 bridgehead atoms. The molecule has 0 saturated heterocycles. The highest BCUT2D eigenvalue weighted by molar-refractivity contribution is 7.17. The second-order valence-corrected chi connectivity index (χ2v) is 8.69. The molecule has 9 heteroatoms. The van der Waals surface area contributed by atoms with Crippen LogP contribution in [0.25, 0.3) is 10.9 Å². The van der Waals surface area contributed by atoms with E-state index in [2.05, 4.69) is 10.3 Å². The summed E-state index contributed by atoms with van der Waals surface area (Å²) in [7, 11) is 1.53. The van der Waals surface area contributed by atoms with Gasteiger partial charge in [0, 0.05) is 11.5 Å². The molecule has 0 spiro atoms. The summed E-state index contributed by atoms with van der Waals surface area (Å²) in [5.74, 6) is -0.366. The van der Waals surface area contributed by atoms with E-state index in [4.69, 9.17) is 9.47 Å². The number of benzene rings is 1. The highest BCUT2D eigenvalue weighted by atomic mass is 32.1. The maximum atomic E-state index is 13.2. The number of nitrogens with zero attached hydrogens (tertiary/aromatic N) is 2. The molecule has 0 aliphatic rings. The molecule has 3 rings (SSSR count). The topological polar surface area (TPSA) is 99.5 Å². The molecule has 0 radical (unpaired) electrons. The molecule has 1 amide bonds. The Morgan fingerprint density at radius 3 is 2.59 bits per heavy atom. The van der Waals surface area contributed by atoms with Crippen LogP contribution in [0.1, 0.15) is 54.2 Å². The molecule has 32 heavy (non-hydrogen) atoms. The number of aryl methyl sites for hydroxylation is 2. The first-order valence-corrected chi connectivity index (χ1v) is 11.2. The number of hydrogen-bond donors (Lipinski definition) is 1. The third-order valence-corrected chi connectivity index (χ3v) is 6.07. The van der Waals surface area contributed by atoms with Crippen LogP contribution in [0.15, 0.2) is 29.1 Å². The highest BCUT2D eigenvalue weighted by Gasteiger charge is 2.26. The molecule has 2 heterocycles. The molecule has 1 N–H and O–H groups in total. The van der Waals surface area contributed by atoms with E-state index >= 15 is 0 Å². The van der Waals surface area contributed by atoms with Gasteiger partial charge < -0.3 is 14.8 Å². The predicted molar refractivity (Wildman–Crippen MR) is 125 cm³/mol. The van der Waals surface area contributed by atoms with E-state index in [1.165, 1.54) is 17.7 Å². The van der Waals surface area contributed by atoms with Crippen molar-refractivity contribution in [2.24, 2.45) is 0 Å². The summed E-state index contributed by atoms with van der Waals surface area (Å²) < 4.78 is 12.2. The van der Waals surface area contributed by atoms with Crippen molar-refractivity contribution in [3.63, 3.8) is 0 Å². The van der Waals surface area contributed by atoms with Crippen LogP contribution in [0.4, 0.5) is 5.13 Å². The monoisotopic (exact) mass is 457 g/mol. The third kappa shape index (κ3) is 4.52. The SMILES string of the molecule is CCC(C(=O)Nc1nc(C)c(C(=O)OC(C)C)s1)n1c(=O)cc(C)c2cccc(OC)c21. The van der Waals surface area contributed by atoms with E-state index in [-0.39, 0.29) is 16.8 Å². The lowest BCUT2D eigenvalue weighted by Gasteiger charge is -2.21. The van der Waals surface area contributed by atoms with Crippen molar-refractivity contribution in [1.29, 1.82) is 0 Å². The minimum atomic E-state index is -0.794. The zero-order valence-electron chi connectivity index (χ0n) is 19.0. The zero-order valence-corrected chi connectivity index (χ0v) is 19.8. The van der Waals surface area contributed by atoms with Gasteiger partial charge >= 0.3 is 5.97 Å². The average molecular weight is 458 g/mol. The normalized spacial score (nSPS) is 12.1. The van der Waals surface area contributed by atoms with Crippen LogP contribution in [0.3, 0.4) is 0 Å². The van der Waals surface area contributed by atoms with Crippen molar-refractivity contribution < 1.29 is 19.1 Å². The number of rotatable bonds is 7. The van der Waals surface area contributed by atoms with Crippen LogP contribution in [0, 0.1) is 13.8 Å². The first kappa shape index (κ1) is 23.5.